The minimum atomic E-state index is 0.320. The first-order chi connectivity index (χ1) is 10.8. The number of aromatic nitrogens is 4. The average Bonchev–Trinajstić information content (AvgIpc) is 3.17. The molecule has 4 rings (SSSR count). The highest BCUT2D eigenvalue weighted by atomic mass is 16.5. The molecule has 0 N–H and O–H groups in total. The van der Waals surface area contributed by atoms with E-state index >= 15 is 0 Å². The summed E-state index contributed by atoms with van der Waals surface area (Å²) in [6.07, 6.45) is 8.08. The molecule has 1 saturated carbocycles. The first kappa shape index (κ1) is 13.5. The molecule has 2 fully saturated rings. The third-order valence-corrected chi connectivity index (χ3v) is 4.66. The van der Waals surface area contributed by atoms with Gasteiger partial charge >= 0.3 is 0 Å². The fourth-order valence-corrected chi connectivity index (χ4v) is 3.12. The zero-order chi connectivity index (χ0) is 14.9. The van der Waals surface area contributed by atoms with Gasteiger partial charge in [-0.3, -0.25) is 9.58 Å². The Labute approximate surface area is 128 Å². The maximum atomic E-state index is 8.87. The highest BCUT2D eigenvalue weighted by Gasteiger charge is 2.28. The Bertz CT molecular complexity index is 695. The average molecular weight is 298 g/mol. The molecule has 114 valence electrons. The summed E-state index contributed by atoms with van der Waals surface area (Å²) in [5, 5.41) is 17.3. The molecule has 1 aliphatic heterocycles. The summed E-state index contributed by atoms with van der Waals surface area (Å²) in [4.78, 5) is 6.84. The van der Waals surface area contributed by atoms with Crippen LogP contribution in [-0.2, 0) is 6.54 Å². The zero-order valence-electron chi connectivity index (χ0n) is 12.4. The second-order valence-electron chi connectivity index (χ2n) is 6.18. The molecule has 0 spiro atoms. The van der Waals surface area contributed by atoms with E-state index in [0.29, 0.717) is 17.5 Å². The number of rotatable bonds is 4. The third kappa shape index (κ3) is 2.50. The highest BCUT2D eigenvalue weighted by molar-refractivity contribution is 5.22. The fraction of sp³-hybridized carbons (Fsp3) is 0.600. The number of nitriles is 1. The summed E-state index contributed by atoms with van der Waals surface area (Å²) < 4.78 is 7.26. The van der Waals surface area contributed by atoms with Gasteiger partial charge in [-0.25, -0.2) is 0 Å². The Hall–Kier alpha value is -2.20. The molecule has 1 unspecified atom stereocenters. The Morgan fingerprint density at radius 3 is 3.00 bits per heavy atom. The van der Waals surface area contributed by atoms with Crippen molar-refractivity contribution in [1.82, 2.24) is 24.8 Å². The lowest BCUT2D eigenvalue weighted by Crippen LogP contribution is -2.22. The van der Waals surface area contributed by atoms with Gasteiger partial charge in [-0.2, -0.15) is 15.3 Å². The molecular formula is C15H18N6O. The van der Waals surface area contributed by atoms with Gasteiger partial charge in [0.25, 0.3) is 0 Å². The van der Waals surface area contributed by atoms with Crippen molar-refractivity contribution in [3.05, 3.63) is 29.7 Å². The van der Waals surface area contributed by atoms with Gasteiger partial charge in [0, 0.05) is 25.2 Å². The molecule has 2 aromatic heterocycles. The van der Waals surface area contributed by atoms with Crippen LogP contribution < -0.4 is 0 Å². The van der Waals surface area contributed by atoms with Crippen LogP contribution in [0.5, 0.6) is 0 Å². The minimum absolute atomic E-state index is 0.320. The first-order valence-electron chi connectivity index (χ1n) is 7.81. The van der Waals surface area contributed by atoms with Crippen LogP contribution in [0.4, 0.5) is 0 Å². The van der Waals surface area contributed by atoms with Crippen molar-refractivity contribution in [3.8, 4) is 6.07 Å². The number of hydrogen-bond donors (Lipinski definition) is 0. The molecule has 2 aromatic rings. The van der Waals surface area contributed by atoms with E-state index in [1.807, 2.05) is 10.9 Å². The van der Waals surface area contributed by atoms with Crippen LogP contribution in [0, 0.1) is 11.3 Å². The van der Waals surface area contributed by atoms with E-state index in [2.05, 4.69) is 26.2 Å². The Kier molecular flexibility index (Phi) is 3.39. The van der Waals surface area contributed by atoms with Gasteiger partial charge in [-0.15, -0.1) is 0 Å². The Morgan fingerprint density at radius 1 is 1.36 bits per heavy atom. The molecular weight excluding hydrogens is 280 g/mol. The quantitative estimate of drug-likeness (QED) is 0.856. The van der Waals surface area contributed by atoms with Crippen LogP contribution in [0.1, 0.15) is 54.9 Å². The number of hydrogen-bond acceptors (Lipinski definition) is 6. The molecule has 2 aliphatic rings. The van der Waals surface area contributed by atoms with Gasteiger partial charge < -0.3 is 4.52 Å². The maximum absolute atomic E-state index is 8.87. The van der Waals surface area contributed by atoms with Crippen LogP contribution in [0.25, 0.3) is 0 Å². The van der Waals surface area contributed by atoms with Crippen molar-refractivity contribution in [2.24, 2.45) is 0 Å². The lowest BCUT2D eigenvalue weighted by molar-refractivity contribution is 0.280. The summed E-state index contributed by atoms with van der Waals surface area (Å²) in [7, 11) is 0. The predicted octanol–water partition coefficient (Wildman–Crippen LogP) is 1.85. The van der Waals surface area contributed by atoms with E-state index < -0.39 is 0 Å². The van der Waals surface area contributed by atoms with E-state index in [0.717, 1.165) is 37.8 Å². The Balaban J connectivity index is 1.36. The van der Waals surface area contributed by atoms with E-state index in [1.54, 1.807) is 6.20 Å². The molecule has 0 bridgehead atoms. The van der Waals surface area contributed by atoms with Gasteiger partial charge in [-0.1, -0.05) is 11.6 Å². The third-order valence-electron chi connectivity index (χ3n) is 4.66. The van der Waals surface area contributed by atoms with Crippen LogP contribution in [0.15, 0.2) is 16.9 Å². The fourth-order valence-electron chi connectivity index (χ4n) is 3.12. The summed E-state index contributed by atoms with van der Waals surface area (Å²) >= 11 is 0. The van der Waals surface area contributed by atoms with Crippen molar-refractivity contribution in [2.75, 3.05) is 13.1 Å². The molecule has 22 heavy (non-hydrogen) atoms. The lowest BCUT2D eigenvalue weighted by Gasteiger charge is -2.20. The van der Waals surface area contributed by atoms with Crippen LogP contribution >= 0.6 is 0 Å². The van der Waals surface area contributed by atoms with E-state index in [1.165, 1.54) is 19.3 Å². The molecule has 7 heteroatoms. The van der Waals surface area contributed by atoms with Gasteiger partial charge in [0.1, 0.15) is 6.07 Å². The van der Waals surface area contributed by atoms with Crippen molar-refractivity contribution >= 4 is 0 Å². The summed E-state index contributed by atoms with van der Waals surface area (Å²) in [5.74, 6) is 2.07. The monoisotopic (exact) mass is 298 g/mol. The first-order valence-corrected chi connectivity index (χ1v) is 7.81. The van der Waals surface area contributed by atoms with Crippen molar-refractivity contribution in [1.29, 1.82) is 5.26 Å². The predicted molar refractivity (Wildman–Crippen MR) is 76.8 cm³/mol. The molecule has 1 atom stereocenters. The highest BCUT2D eigenvalue weighted by Crippen LogP contribution is 2.35. The topological polar surface area (TPSA) is 83.8 Å². The van der Waals surface area contributed by atoms with Crippen molar-refractivity contribution < 1.29 is 4.52 Å². The molecule has 0 radical (unpaired) electrons. The Morgan fingerprint density at radius 2 is 2.27 bits per heavy atom. The smallest absolute Gasteiger partial charge is 0.229 e. The van der Waals surface area contributed by atoms with E-state index in [9.17, 15) is 0 Å². The van der Waals surface area contributed by atoms with Gasteiger partial charge in [0.15, 0.2) is 5.82 Å². The zero-order valence-corrected chi connectivity index (χ0v) is 12.4. The summed E-state index contributed by atoms with van der Waals surface area (Å²) in [6.45, 7) is 2.61. The largest absolute Gasteiger partial charge is 0.339 e. The second-order valence-corrected chi connectivity index (χ2v) is 6.18. The molecule has 0 amide bonds. The lowest BCUT2D eigenvalue weighted by atomic mass is 9.85. The minimum Gasteiger partial charge on any atom is -0.339 e. The SMILES string of the molecule is N#Cc1cnn(C2CCN(Cc3noc(C4CCC4)n3)C2)c1. The van der Waals surface area contributed by atoms with Crippen LogP contribution in [-0.4, -0.2) is 37.9 Å². The van der Waals surface area contributed by atoms with Crippen LogP contribution in [0.2, 0.25) is 0 Å². The van der Waals surface area contributed by atoms with Gasteiger partial charge in [-0.05, 0) is 19.3 Å². The van der Waals surface area contributed by atoms with Crippen molar-refractivity contribution in [2.45, 2.75) is 44.2 Å². The van der Waals surface area contributed by atoms with E-state index in [-0.39, 0.29) is 0 Å². The summed E-state index contributed by atoms with van der Waals surface area (Å²) in [6, 6.07) is 2.44. The summed E-state index contributed by atoms with van der Waals surface area (Å²) in [5.41, 5.74) is 0.613. The molecule has 1 aliphatic carbocycles. The molecule has 0 aromatic carbocycles. The van der Waals surface area contributed by atoms with Gasteiger partial charge in [0.2, 0.25) is 5.89 Å². The number of likely N-dealkylation sites (tertiary alicyclic amines) is 1. The molecule has 7 nitrogen and oxygen atoms in total. The van der Waals surface area contributed by atoms with Gasteiger partial charge in [0.05, 0.1) is 24.3 Å². The second kappa shape index (κ2) is 5.54. The normalized spacial score (nSPS) is 22.6. The standard InChI is InChI=1S/C15H18N6O/c16-6-11-7-17-21(8-11)13-4-5-20(9-13)10-14-18-15(22-19-14)12-2-1-3-12/h7-8,12-13H,1-5,9-10H2. The van der Waals surface area contributed by atoms with E-state index in [4.69, 9.17) is 9.78 Å². The number of nitrogens with zero attached hydrogens (tertiary/aromatic N) is 6. The molecule has 3 heterocycles. The maximum Gasteiger partial charge on any atom is 0.229 e. The van der Waals surface area contributed by atoms with Crippen LogP contribution in [0.3, 0.4) is 0 Å². The van der Waals surface area contributed by atoms with Crippen molar-refractivity contribution in [3.63, 3.8) is 0 Å². The molecule has 1 saturated heterocycles.